The van der Waals surface area contributed by atoms with Gasteiger partial charge >= 0.3 is 5.97 Å². The average molecular weight is 607 g/mol. The van der Waals surface area contributed by atoms with Crippen molar-refractivity contribution < 1.29 is 19.1 Å². The Balaban J connectivity index is 1.61. The third kappa shape index (κ3) is 6.17. The minimum absolute atomic E-state index is 0.140. The largest absolute Gasteiger partial charge is 0.449 e. The van der Waals surface area contributed by atoms with Crippen molar-refractivity contribution in [3.63, 3.8) is 0 Å². The molecule has 1 N–H and O–H groups in total. The standard InChI is InChI=1S/C29H21Br2NO4/c30-22-17-15-21(16-18-22)28(34)32-24-14-8-7-13-23(24)29(35)36-27(25(31)19-9-3-1-4-10-19)26(33)20-11-5-2-6-12-20/h1-18,25,27H,(H,32,34)/t25-,27+/m1/s1. The van der Waals surface area contributed by atoms with Crippen molar-refractivity contribution in [2.24, 2.45) is 0 Å². The molecule has 0 bridgehead atoms. The Kier molecular flexibility index (Phi) is 8.46. The number of Topliss-reactive ketones (excluding diaryl/α,β-unsaturated/α-hetero) is 1. The maximum atomic E-state index is 13.4. The van der Waals surface area contributed by atoms with Crippen molar-refractivity contribution in [3.05, 3.63) is 136 Å². The van der Waals surface area contributed by atoms with E-state index in [4.69, 9.17) is 4.74 Å². The van der Waals surface area contributed by atoms with E-state index in [0.717, 1.165) is 10.0 Å². The normalized spacial score (nSPS) is 12.3. The van der Waals surface area contributed by atoms with E-state index in [0.29, 0.717) is 11.1 Å². The molecular weight excluding hydrogens is 586 g/mol. The lowest BCUT2D eigenvalue weighted by atomic mass is 9.99. The Labute approximate surface area is 225 Å². The zero-order chi connectivity index (χ0) is 25.5. The van der Waals surface area contributed by atoms with E-state index in [1.807, 2.05) is 36.4 Å². The molecule has 0 aromatic heterocycles. The van der Waals surface area contributed by atoms with Crippen LogP contribution in [0, 0.1) is 0 Å². The second-order valence-corrected chi connectivity index (χ2v) is 9.78. The molecule has 2 atom stereocenters. The zero-order valence-electron chi connectivity index (χ0n) is 18.9. The number of halogens is 2. The highest BCUT2D eigenvalue weighted by Crippen LogP contribution is 2.32. The highest BCUT2D eigenvalue weighted by molar-refractivity contribution is 9.10. The summed E-state index contributed by atoms with van der Waals surface area (Å²) >= 11 is 6.92. The van der Waals surface area contributed by atoms with Crippen LogP contribution in [0.25, 0.3) is 0 Å². The Morgan fingerprint density at radius 3 is 1.94 bits per heavy atom. The molecule has 0 radical (unpaired) electrons. The third-order valence-corrected chi connectivity index (χ3v) is 6.97. The van der Waals surface area contributed by atoms with Crippen LogP contribution in [-0.2, 0) is 4.74 Å². The second kappa shape index (κ2) is 11.9. The van der Waals surface area contributed by atoms with Crippen LogP contribution in [-0.4, -0.2) is 23.8 Å². The zero-order valence-corrected chi connectivity index (χ0v) is 22.1. The molecule has 0 fully saturated rings. The average Bonchev–Trinajstić information content (AvgIpc) is 2.92. The van der Waals surface area contributed by atoms with Gasteiger partial charge in [-0.05, 0) is 42.0 Å². The van der Waals surface area contributed by atoms with Gasteiger partial charge in [-0.3, -0.25) is 9.59 Å². The molecule has 4 aromatic carbocycles. The summed E-state index contributed by atoms with van der Waals surface area (Å²) in [7, 11) is 0. The van der Waals surface area contributed by atoms with Gasteiger partial charge in [0.2, 0.25) is 5.78 Å². The Hall–Kier alpha value is -3.55. The van der Waals surface area contributed by atoms with Gasteiger partial charge in [-0.1, -0.05) is 105 Å². The fraction of sp³-hybridized carbons (Fsp3) is 0.0690. The van der Waals surface area contributed by atoms with Gasteiger partial charge in [0, 0.05) is 15.6 Å². The summed E-state index contributed by atoms with van der Waals surface area (Å²) in [5.41, 5.74) is 2.07. The summed E-state index contributed by atoms with van der Waals surface area (Å²) in [6, 6.07) is 31.4. The lowest BCUT2D eigenvalue weighted by Crippen LogP contribution is -2.31. The Morgan fingerprint density at radius 2 is 1.28 bits per heavy atom. The van der Waals surface area contributed by atoms with Crippen LogP contribution in [0.1, 0.15) is 41.5 Å². The molecule has 0 aliphatic rings. The van der Waals surface area contributed by atoms with Gasteiger partial charge in [-0.2, -0.15) is 0 Å². The molecule has 0 aliphatic heterocycles. The van der Waals surface area contributed by atoms with Crippen LogP contribution in [0.3, 0.4) is 0 Å². The lowest BCUT2D eigenvalue weighted by Gasteiger charge is -2.23. The first-order valence-corrected chi connectivity index (χ1v) is 12.8. The van der Waals surface area contributed by atoms with Gasteiger partial charge in [0.05, 0.1) is 16.1 Å². The summed E-state index contributed by atoms with van der Waals surface area (Å²) in [6.07, 6.45) is -1.14. The summed E-state index contributed by atoms with van der Waals surface area (Å²) in [5.74, 6) is -1.44. The molecule has 4 rings (SSSR count). The SMILES string of the molecule is O=C(Nc1ccccc1C(=O)O[C@H](C(=O)c1ccccc1)[C@H](Br)c1ccccc1)c1ccc(Br)cc1. The molecular formula is C29H21Br2NO4. The number of carbonyl (C=O) groups is 3. The molecule has 0 unspecified atom stereocenters. The number of hydrogen-bond donors (Lipinski definition) is 1. The van der Waals surface area contributed by atoms with Crippen LogP contribution in [0.5, 0.6) is 0 Å². The Bertz CT molecular complexity index is 1360. The third-order valence-electron chi connectivity index (χ3n) is 5.44. The maximum absolute atomic E-state index is 13.4. The first-order chi connectivity index (χ1) is 17.4. The number of amides is 1. The van der Waals surface area contributed by atoms with Gasteiger partial charge in [0.15, 0.2) is 6.10 Å². The van der Waals surface area contributed by atoms with Gasteiger partial charge in [-0.25, -0.2) is 4.79 Å². The number of ether oxygens (including phenoxy) is 1. The van der Waals surface area contributed by atoms with E-state index in [9.17, 15) is 14.4 Å². The highest BCUT2D eigenvalue weighted by Gasteiger charge is 2.33. The van der Waals surface area contributed by atoms with Crippen LogP contribution in [0.15, 0.2) is 114 Å². The number of hydrogen-bond acceptors (Lipinski definition) is 4. The van der Waals surface area contributed by atoms with Gasteiger partial charge < -0.3 is 10.1 Å². The number of carbonyl (C=O) groups excluding carboxylic acids is 3. The Morgan fingerprint density at radius 1 is 0.694 bits per heavy atom. The highest BCUT2D eigenvalue weighted by atomic mass is 79.9. The quantitative estimate of drug-likeness (QED) is 0.130. The van der Waals surface area contributed by atoms with Crippen molar-refractivity contribution in [3.8, 4) is 0 Å². The van der Waals surface area contributed by atoms with Crippen molar-refractivity contribution in [1.82, 2.24) is 0 Å². The summed E-state index contributed by atoms with van der Waals surface area (Å²) in [4.78, 5) is 39.0. The van der Waals surface area contributed by atoms with Crippen molar-refractivity contribution in [2.45, 2.75) is 10.9 Å². The number of esters is 1. The predicted molar refractivity (Wildman–Crippen MR) is 147 cm³/mol. The second-order valence-electron chi connectivity index (χ2n) is 7.88. The fourth-order valence-electron chi connectivity index (χ4n) is 3.57. The summed E-state index contributed by atoms with van der Waals surface area (Å²) in [6.45, 7) is 0. The number of anilines is 1. The molecule has 36 heavy (non-hydrogen) atoms. The predicted octanol–water partition coefficient (Wildman–Crippen LogP) is 7.25. The molecule has 1 amide bonds. The van der Waals surface area contributed by atoms with E-state index in [-0.39, 0.29) is 22.9 Å². The topological polar surface area (TPSA) is 72.5 Å². The minimum atomic E-state index is -1.14. The van der Waals surface area contributed by atoms with Crippen molar-refractivity contribution >= 4 is 55.2 Å². The smallest absolute Gasteiger partial charge is 0.341 e. The number of benzene rings is 4. The van der Waals surface area contributed by atoms with Gasteiger partial charge in [0.25, 0.3) is 5.91 Å². The molecule has 5 nitrogen and oxygen atoms in total. The number of nitrogens with one attached hydrogen (secondary N) is 1. The van der Waals surface area contributed by atoms with Crippen LogP contribution >= 0.6 is 31.9 Å². The summed E-state index contributed by atoms with van der Waals surface area (Å²) < 4.78 is 6.67. The summed E-state index contributed by atoms with van der Waals surface area (Å²) in [5, 5.41) is 2.77. The molecule has 0 aliphatic carbocycles. The van der Waals surface area contributed by atoms with Gasteiger partial charge in [0.1, 0.15) is 0 Å². The van der Waals surface area contributed by atoms with E-state index in [1.165, 1.54) is 0 Å². The van der Waals surface area contributed by atoms with Gasteiger partial charge in [-0.15, -0.1) is 0 Å². The van der Waals surface area contributed by atoms with Crippen molar-refractivity contribution in [1.29, 1.82) is 0 Å². The fourth-order valence-corrected chi connectivity index (χ4v) is 4.49. The molecule has 0 saturated heterocycles. The first-order valence-electron chi connectivity index (χ1n) is 11.1. The number of ketones is 1. The molecule has 0 saturated carbocycles. The van der Waals surface area contributed by atoms with Crippen LogP contribution in [0.2, 0.25) is 0 Å². The van der Waals surface area contributed by atoms with E-state index in [1.54, 1.807) is 72.8 Å². The van der Waals surface area contributed by atoms with Crippen LogP contribution in [0.4, 0.5) is 5.69 Å². The monoisotopic (exact) mass is 605 g/mol. The number of alkyl halides is 1. The molecule has 0 spiro atoms. The lowest BCUT2D eigenvalue weighted by molar-refractivity contribution is 0.0283. The van der Waals surface area contributed by atoms with Crippen molar-refractivity contribution in [2.75, 3.05) is 5.32 Å². The van der Waals surface area contributed by atoms with E-state index < -0.39 is 16.9 Å². The number of rotatable bonds is 8. The van der Waals surface area contributed by atoms with Crippen LogP contribution < -0.4 is 5.32 Å². The molecule has 0 heterocycles. The van der Waals surface area contributed by atoms with E-state index in [2.05, 4.69) is 37.2 Å². The molecule has 180 valence electrons. The number of para-hydroxylation sites is 1. The minimum Gasteiger partial charge on any atom is -0.449 e. The first kappa shape index (κ1) is 25.5. The molecule has 4 aromatic rings. The molecule has 7 heteroatoms. The van der Waals surface area contributed by atoms with E-state index >= 15 is 0 Å². The maximum Gasteiger partial charge on any atom is 0.341 e.